The zero-order valence-corrected chi connectivity index (χ0v) is 20.2. The summed E-state index contributed by atoms with van der Waals surface area (Å²) < 4.78 is 7.87. The van der Waals surface area contributed by atoms with Gasteiger partial charge >= 0.3 is 0 Å². The van der Waals surface area contributed by atoms with Crippen LogP contribution in [0, 0.1) is 6.92 Å². The van der Waals surface area contributed by atoms with Crippen molar-refractivity contribution < 1.29 is 4.42 Å². The van der Waals surface area contributed by atoms with E-state index in [9.17, 15) is 0 Å². The van der Waals surface area contributed by atoms with Gasteiger partial charge in [-0.3, -0.25) is 4.68 Å². The van der Waals surface area contributed by atoms with Crippen molar-refractivity contribution in [3.8, 4) is 0 Å². The van der Waals surface area contributed by atoms with Gasteiger partial charge in [0.1, 0.15) is 17.9 Å². The average Bonchev–Trinajstić information content (AvgIpc) is 3.30. The Labute approximate surface area is 194 Å². The number of nitrogens with one attached hydrogen (secondary N) is 2. The molecule has 3 heterocycles. The summed E-state index contributed by atoms with van der Waals surface area (Å²) in [7, 11) is 1.96. The first-order chi connectivity index (χ1) is 14.1. The average molecular weight is 522 g/mol. The molecule has 0 saturated carbocycles. The fraction of sp³-hybridized carbons (Fsp3) is 0.455. The number of furan rings is 1. The van der Waals surface area contributed by atoms with Crippen molar-refractivity contribution >= 4 is 46.6 Å². The fourth-order valence-corrected chi connectivity index (χ4v) is 3.94. The van der Waals surface area contributed by atoms with E-state index in [1.54, 1.807) is 0 Å². The normalized spacial score (nSPS) is 17.1. The largest absolute Gasteiger partial charge is 0.459 e. The van der Waals surface area contributed by atoms with Gasteiger partial charge in [0.05, 0.1) is 11.9 Å². The highest BCUT2D eigenvalue weighted by Gasteiger charge is 2.22. The Morgan fingerprint density at radius 2 is 2.17 bits per heavy atom. The lowest BCUT2D eigenvalue weighted by Gasteiger charge is -2.34. The van der Waals surface area contributed by atoms with Crippen molar-refractivity contribution in [3.05, 3.63) is 48.0 Å². The molecule has 1 atom stereocenters. The number of piperidine rings is 1. The lowest BCUT2D eigenvalue weighted by molar-refractivity contribution is 0.467. The topological polar surface area (TPSA) is 70.6 Å². The van der Waals surface area contributed by atoms with Crippen LogP contribution in [0.1, 0.15) is 31.1 Å². The molecule has 30 heavy (non-hydrogen) atoms. The predicted molar refractivity (Wildman–Crippen MR) is 133 cm³/mol. The number of anilines is 1. The van der Waals surface area contributed by atoms with Crippen LogP contribution in [0.2, 0.25) is 0 Å². The molecule has 1 aliphatic rings. The van der Waals surface area contributed by atoms with E-state index in [1.807, 2.05) is 36.1 Å². The van der Waals surface area contributed by atoms with Gasteiger partial charge in [0.2, 0.25) is 0 Å². The maximum absolute atomic E-state index is 6.01. The molecule has 1 aliphatic heterocycles. The maximum Gasteiger partial charge on any atom is 0.191 e. The Balaban J connectivity index is 0.00000256. The Bertz CT molecular complexity index is 995. The monoisotopic (exact) mass is 522 g/mol. The molecule has 0 spiro atoms. The summed E-state index contributed by atoms with van der Waals surface area (Å²) in [5.41, 5.74) is 3.27. The van der Waals surface area contributed by atoms with Crippen molar-refractivity contribution in [2.75, 3.05) is 24.5 Å². The van der Waals surface area contributed by atoms with Gasteiger partial charge < -0.3 is 20.0 Å². The fourth-order valence-electron chi connectivity index (χ4n) is 3.94. The number of guanidine groups is 1. The predicted octanol–water partition coefficient (Wildman–Crippen LogP) is 3.82. The van der Waals surface area contributed by atoms with Crippen molar-refractivity contribution in [3.63, 3.8) is 0 Å². The summed E-state index contributed by atoms with van der Waals surface area (Å²) >= 11 is 0. The molecule has 1 aromatic carbocycles. The van der Waals surface area contributed by atoms with Crippen LogP contribution in [-0.4, -0.2) is 41.4 Å². The first-order valence-corrected chi connectivity index (χ1v) is 10.4. The molecule has 3 aromatic rings. The molecule has 1 fully saturated rings. The molecule has 162 valence electrons. The van der Waals surface area contributed by atoms with Gasteiger partial charge in [0.25, 0.3) is 0 Å². The number of benzene rings is 1. The minimum Gasteiger partial charge on any atom is -0.459 e. The van der Waals surface area contributed by atoms with Crippen molar-refractivity contribution in [1.29, 1.82) is 0 Å². The smallest absolute Gasteiger partial charge is 0.191 e. The summed E-state index contributed by atoms with van der Waals surface area (Å²) in [6.45, 7) is 7.55. The minimum absolute atomic E-state index is 0. The van der Waals surface area contributed by atoms with E-state index in [4.69, 9.17) is 9.41 Å². The van der Waals surface area contributed by atoms with Gasteiger partial charge in [-0.25, -0.2) is 4.99 Å². The number of rotatable bonds is 5. The lowest BCUT2D eigenvalue weighted by Crippen LogP contribution is -2.51. The summed E-state index contributed by atoms with van der Waals surface area (Å²) in [4.78, 5) is 7.19. The standard InChI is InChI=1S/C22H30N6O.HI/c1-4-23-22(24-13-21-16(2)19-9-5-6-10-20(19)29-21)26-17-8-7-11-28(14-17)18-12-25-27(3)15-18;/h5-6,9-10,12,15,17H,4,7-8,11,13-14H2,1-3H3,(H2,23,24,26);1H. The van der Waals surface area contributed by atoms with E-state index in [0.717, 1.165) is 55.2 Å². The molecule has 2 N–H and O–H groups in total. The highest BCUT2D eigenvalue weighted by molar-refractivity contribution is 14.0. The first-order valence-electron chi connectivity index (χ1n) is 10.4. The molecule has 1 unspecified atom stereocenters. The van der Waals surface area contributed by atoms with Gasteiger partial charge in [-0.2, -0.15) is 5.10 Å². The molecule has 0 aliphatic carbocycles. The van der Waals surface area contributed by atoms with E-state index in [0.29, 0.717) is 12.6 Å². The molecule has 0 bridgehead atoms. The van der Waals surface area contributed by atoms with E-state index in [1.165, 1.54) is 11.3 Å². The second kappa shape index (κ2) is 10.2. The van der Waals surface area contributed by atoms with Crippen LogP contribution >= 0.6 is 24.0 Å². The number of aryl methyl sites for hydroxylation is 2. The van der Waals surface area contributed by atoms with Crippen LogP contribution < -0.4 is 15.5 Å². The molecule has 1 saturated heterocycles. The van der Waals surface area contributed by atoms with E-state index >= 15 is 0 Å². The van der Waals surface area contributed by atoms with Crippen molar-refractivity contribution in [2.24, 2.45) is 12.0 Å². The van der Waals surface area contributed by atoms with Gasteiger partial charge in [-0.1, -0.05) is 18.2 Å². The Hall–Kier alpha value is -2.23. The van der Waals surface area contributed by atoms with Crippen LogP contribution in [0.15, 0.2) is 46.1 Å². The second-order valence-electron chi connectivity index (χ2n) is 7.64. The Morgan fingerprint density at radius 3 is 2.90 bits per heavy atom. The second-order valence-corrected chi connectivity index (χ2v) is 7.64. The summed E-state index contributed by atoms with van der Waals surface area (Å²) in [5.74, 6) is 1.76. The van der Waals surface area contributed by atoms with Crippen LogP contribution in [0.4, 0.5) is 5.69 Å². The number of aliphatic imine (C=N–C) groups is 1. The van der Waals surface area contributed by atoms with Crippen molar-refractivity contribution in [2.45, 2.75) is 39.3 Å². The molecule has 2 aromatic heterocycles. The Kier molecular flexibility index (Phi) is 7.63. The first kappa shape index (κ1) is 22.5. The summed E-state index contributed by atoms with van der Waals surface area (Å²) in [5, 5.41) is 12.5. The summed E-state index contributed by atoms with van der Waals surface area (Å²) in [6.07, 6.45) is 6.29. The number of aromatic nitrogens is 2. The van der Waals surface area contributed by atoms with E-state index in [-0.39, 0.29) is 24.0 Å². The van der Waals surface area contributed by atoms with Gasteiger partial charge in [-0.15, -0.1) is 24.0 Å². The number of fused-ring (bicyclic) bond motifs is 1. The molecule has 4 rings (SSSR count). The Morgan fingerprint density at radius 1 is 1.33 bits per heavy atom. The summed E-state index contributed by atoms with van der Waals surface area (Å²) in [6, 6.07) is 8.49. The number of nitrogens with zero attached hydrogens (tertiary/aromatic N) is 4. The van der Waals surface area contributed by atoms with E-state index in [2.05, 4.69) is 46.7 Å². The van der Waals surface area contributed by atoms with Crippen molar-refractivity contribution in [1.82, 2.24) is 20.4 Å². The van der Waals surface area contributed by atoms with Gasteiger partial charge in [0, 0.05) is 49.9 Å². The highest BCUT2D eigenvalue weighted by Crippen LogP contribution is 2.25. The van der Waals surface area contributed by atoms with Gasteiger partial charge in [-0.05, 0) is 32.8 Å². The number of halogens is 1. The minimum atomic E-state index is 0. The zero-order chi connectivity index (χ0) is 20.2. The SMILES string of the molecule is CCNC(=NCc1oc2ccccc2c1C)NC1CCCN(c2cnn(C)c2)C1.I. The highest BCUT2D eigenvalue weighted by atomic mass is 127. The quantitative estimate of drug-likeness (QED) is 0.303. The number of para-hydroxylation sites is 1. The molecule has 0 radical (unpaired) electrons. The third kappa shape index (κ3) is 5.08. The zero-order valence-electron chi connectivity index (χ0n) is 17.9. The molecular weight excluding hydrogens is 491 g/mol. The van der Waals surface area contributed by atoms with Crippen LogP contribution in [-0.2, 0) is 13.6 Å². The van der Waals surface area contributed by atoms with Gasteiger partial charge in [0.15, 0.2) is 5.96 Å². The molecule has 7 nitrogen and oxygen atoms in total. The van der Waals surface area contributed by atoms with E-state index < -0.39 is 0 Å². The molecular formula is C22H31IN6O. The van der Waals surface area contributed by atoms with Crippen LogP contribution in [0.3, 0.4) is 0 Å². The third-order valence-corrected chi connectivity index (χ3v) is 5.49. The molecule has 0 amide bonds. The lowest BCUT2D eigenvalue weighted by atomic mass is 10.1. The third-order valence-electron chi connectivity index (χ3n) is 5.49. The number of hydrogen-bond donors (Lipinski definition) is 2. The van der Waals surface area contributed by atoms with Crippen LogP contribution in [0.25, 0.3) is 11.0 Å². The number of hydrogen-bond acceptors (Lipinski definition) is 4. The molecule has 8 heteroatoms. The van der Waals surface area contributed by atoms with Crippen LogP contribution in [0.5, 0.6) is 0 Å². The maximum atomic E-state index is 6.01.